The number of nitrogens with zero attached hydrogens (tertiary/aromatic N) is 2. The highest BCUT2D eigenvalue weighted by Gasteiger charge is 2.45. The number of hydrogen-bond donors (Lipinski definition) is 2. The van der Waals surface area contributed by atoms with E-state index in [9.17, 15) is 13.2 Å². The molecule has 0 amide bonds. The SMILES string of the molecule is CC(C)C1CCCN1CC(C(N)=NO)C(F)(F)F. The maximum Gasteiger partial charge on any atom is 0.400 e. The quantitative estimate of drug-likeness (QED) is 0.354. The van der Waals surface area contributed by atoms with Crippen LogP contribution in [0.1, 0.15) is 26.7 Å². The van der Waals surface area contributed by atoms with Crippen molar-refractivity contribution in [2.75, 3.05) is 13.1 Å². The van der Waals surface area contributed by atoms with Gasteiger partial charge in [-0.2, -0.15) is 13.2 Å². The van der Waals surface area contributed by atoms with Crippen LogP contribution < -0.4 is 5.73 Å². The molecule has 1 saturated heterocycles. The van der Waals surface area contributed by atoms with Gasteiger partial charge in [-0.05, 0) is 25.3 Å². The van der Waals surface area contributed by atoms with Gasteiger partial charge in [0.1, 0.15) is 5.92 Å². The van der Waals surface area contributed by atoms with Gasteiger partial charge in [0.2, 0.25) is 0 Å². The molecule has 1 heterocycles. The molecule has 1 rings (SSSR count). The van der Waals surface area contributed by atoms with Crippen LogP contribution in [0.25, 0.3) is 0 Å². The Hall–Kier alpha value is -0.980. The van der Waals surface area contributed by atoms with E-state index in [1.807, 2.05) is 13.8 Å². The Kier molecular flexibility index (Phi) is 4.84. The number of nitrogens with two attached hydrogens (primary N) is 1. The zero-order valence-electron chi connectivity index (χ0n) is 10.6. The van der Waals surface area contributed by atoms with E-state index in [1.54, 1.807) is 4.90 Å². The van der Waals surface area contributed by atoms with E-state index < -0.39 is 17.9 Å². The van der Waals surface area contributed by atoms with Crippen LogP contribution in [0.4, 0.5) is 13.2 Å². The van der Waals surface area contributed by atoms with Crippen molar-refractivity contribution in [1.29, 1.82) is 0 Å². The molecule has 1 aliphatic rings. The fourth-order valence-corrected chi connectivity index (χ4v) is 2.50. The zero-order valence-corrected chi connectivity index (χ0v) is 10.6. The maximum atomic E-state index is 12.8. The monoisotopic (exact) mass is 267 g/mol. The van der Waals surface area contributed by atoms with E-state index in [0.717, 1.165) is 12.8 Å². The first-order valence-electron chi connectivity index (χ1n) is 6.05. The summed E-state index contributed by atoms with van der Waals surface area (Å²) in [7, 11) is 0. The van der Waals surface area contributed by atoms with Gasteiger partial charge in [0, 0.05) is 12.6 Å². The Morgan fingerprint density at radius 1 is 1.50 bits per heavy atom. The second-order valence-corrected chi connectivity index (χ2v) is 5.07. The second kappa shape index (κ2) is 5.77. The van der Waals surface area contributed by atoms with E-state index in [2.05, 4.69) is 5.16 Å². The fourth-order valence-electron chi connectivity index (χ4n) is 2.50. The van der Waals surface area contributed by atoms with Crippen LogP contribution in [-0.4, -0.2) is 41.3 Å². The minimum atomic E-state index is -4.49. The summed E-state index contributed by atoms with van der Waals surface area (Å²) < 4.78 is 38.5. The lowest BCUT2D eigenvalue weighted by atomic mass is 10.00. The molecule has 0 radical (unpaired) electrons. The number of likely N-dealkylation sites (tertiary alicyclic amines) is 1. The van der Waals surface area contributed by atoms with Crippen molar-refractivity contribution in [3.05, 3.63) is 0 Å². The minimum Gasteiger partial charge on any atom is -0.409 e. The molecule has 18 heavy (non-hydrogen) atoms. The van der Waals surface area contributed by atoms with E-state index in [-0.39, 0.29) is 12.6 Å². The number of hydrogen-bond acceptors (Lipinski definition) is 3. The van der Waals surface area contributed by atoms with Gasteiger partial charge in [-0.15, -0.1) is 0 Å². The van der Waals surface area contributed by atoms with E-state index in [1.165, 1.54) is 0 Å². The van der Waals surface area contributed by atoms with Crippen LogP contribution in [0.3, 0.4) is 0 Å². The van der Waals surface area contributed by atoms with Crippen molar-refractivity contribution in [3.8, 4) is 0 Å². The van der Waals surface area contributed by atoms with Gasteiger partial charge in [0.25, 0.3) is 0 Å². The molecule has 0 aromatic carbocycles. The van der Waals surface area contributed by atoms with Crippen molar-refractivity contribution in [2.45, 2.75) is 38.9 Å². The predicted octanol–water partition coefficient (Wildman–Crippen LogP) is 2.03. The smallest absolute Gasteiger partial charge is 0.400 e. The first-order chi connectivity index (χ1) is 8.27. The van der Waals surface area contributed by atoms with Gasteiger partial charge in [0.15, 0.2) is 5.84 Å². The number of halogens is 3. The molecule has 4 nitrogen and oxygen atoms in total. The van der Waals surface area contributed by atoms with Gasteiger partial charge < -0.3 is 10.9 Å². The topological polar surface area (TPSA) is 61.8 Å². The first-order valence-corrected chi connectivity index (χ1v) is 6.05. The summed E-state index contributed by atoms with van der Waals surface area (Å²) in [6.45, 7) is 4.39. The Bertz CT molecular complexity index is 304. The van der Waals surface area contributed by atoms with Crippen LogP contribution in [0.5, 0.6) is 0 Å². The lowest BCUT2D eigenvalue weighted by molar-refractivity contribution is -0.161. The highest BCUT2D eigenvalue weighted by atomic mass is 19.4. The molecule has 0 aromatic heterocycles. The molecule has 1 fully saturated rings. The zero-order chi connectivity index (χ0) is 13.9. The predicted molar refractivity (Wildman–Crippen MR) is 62.4 cm³/mol. The molecule has 0 aliphatic carbocycles. The van der Waals surface area contributed by atoms with Crippen molar-refractivity contribution in [3.63, 3.8) is 0 Å². The third-order valence-electron chi connectivity index (χ3n) is 3.47. The van der Waals surface area contributed by atoms with Crippen molar-refractivity contribution in [2.24, 2.45) is 22.7 Å². The van der Waals surface area contributed by atoms with Gasteiger partial charge in [-0.1, -0.05) is 19.0 Å². The molecule has 2 atom stereocenters. The van der Waals surface area contributed by atoms with E-state index in [0.29, 0.717) is 12.5 Å². The maximum absolute atomic E-state index is 12.8. The summed E-state index contributed by atoms with van der Waals surface area (Å²) in [6.07, 6.45) is -2.69. The number of alkyl halides is 3. The van der Waals surface area contributed by atoms with Crippen molar-refractivity contribution >= 4 is 5.84 Å². The van der Waals surface area contributed by atoms with E-state index in [4.69, 9.17) is 10.9 Å². The first kappa shape index (κ1) is 15.1. The average Bonchev–Trinajstić information content (AvgIpc) is 2.71. The second-order valence-electron chi connectivity index (χ2n) is 5.07. The number of amidine groups is 1. The molecule has 0 spiro atoms. The van der Waals surface area contributed by atoms with Gasteiger partial charge in [0.05, 0.1) is 0 Å². The van der Waals surface area contributed by atoms with Gasteiger partial charge in [-0.3, -0.25) is 4.90 Å². The number of rotatable bonds is 4. The Balaban J connectivity index is 2.78. The molecule has 1 aliphatic heterocycles. The summed E-state index contributed by atoms with van der Waals surface area (Å²) in [5.41, 5.74) is 5.16. The highest BCUT2D eigenvalue weighted by molar-refractivity contribution is 5.83. The van der Waals surface area contributed by atoms with Crippen LogP contribution >= 0.6 is 0 Å². The third-order valence-corrected chi connectivity index (χ3v) is 3.47. The van der Waals surface area contributed by atoms with Crippen molar-refractivity contribution < 1.29 is 18.4 Å². The molecule has 0 bridgehead atoms. The molecule has 3 N–H and O–H groups in total. The standard InChI is InChI=1S/C11H20F3N3O/c1-7(2)9-4-3-5-17(9)6-8(10(15)16-18)11(12,13)14/h7-9,18H,3-6H2,1-2H3,(H2,15,16). The Labute approximate surface area is 105 Å². The van der Waals surface area contributed by atoms with E-state index >= 15 is 0 Å². The summed E-state index contributed by atoms with van der Waals surface area (Å²) in [6, 6.07) is 0.140. The molecule has 7 heteroatoms. The normalized spacial score (nSPS) is 24.8. The van der Waals surface area contributed by atoms with Crippen LogP contribution in [0.2, 0.25) is 0 Å². The molecule has 0 saturated carbocycles. The third kappa shape index (κ3) is 3.51. The molecular formula is C11H20F3N3O. The molecule has 0 aromatic rings. The van der Waals surface area contributed by atoms with Crippen molar-refractivity contribution in [1.82, 2.24) is 4.90 Å². The fraction of sp³-hybridized carbons (Fsp3) is 0.909. The van der Waals surface area contributed by atoms with Crippen LogP contribution in [0, 0.1) is 11.8 Å². The summed E-state index contributed by atoms with van der Waals surface area (Å²) in [4.78, 5) is 1.79. The summed E-state index contributed by atoms with van der Waals surface area (Å²) in [5, 5.41) is 11.0. The molecular weight excluding hydrogens is 247 g/mol. The highest BCUT2D eigenvalue weighted by Crippen LogP contribution is 2.31. The van der Waals surface area contributed by atoms with Crippen LogP contribution in [0.15, 0.2) is 5.16 Å². The van der Waals surface area contributed by atoms with Gasteiger partial charge in [-0.25, -0.2) is 0 Å². The molecule has 2 unspecified atom stereocenters. The lowest BCUT2D eigenvalue weighted by Gasteiger charge is -2.31. The minimum absolute atomic E-state index is 0.140. The van der Waals surface area contributed by atoms with Gasteiger partial charge >= 0.3 is 6.18 Å². The Morgan fingerprint density at radius 2 is 2.11 bits per heavy atom. The lowest BCUT2D eigenvalue weighted by Crippen LogP contribution is -2.46. The molecule has 106 valence electrons. The van der Waals surface area contributed by atoms with Crippen LogP contribution in [-0.2, 0) is 0 Å². The summed E-state index contributed by atoms with van der Waals surface area (Å²) in [5.74, 6) is -2.37. The Morgan fingerprint density at radius 3 is 2.56 bits per heavy atom. The largest absolute Gasteiger partial charge is 0.409 e. The number of oxime groups is 1. The average molecular weight is 267 g/mol. The summed E-state index contributed by atoms with van der Waals surface area (Å²) >= 11 is 0.